The maximum Gasteiger partial charge on any atom is 0.201 e. The third kappa shape index (κ3) is 1.65. The van der Waals surface area contributed by atoms with Crippen LogP contribution in [0.4, 0.5) is 0 Å². The van der Waals surface area contributed by atoms with Crippen LogP contribution in [-0.4, -0.2) is 17.3 Å². The summed E-state index contributed by atoms with van der Waals surface area (Å²) in [6, 6.07) is 9.61. The number of hydrogen-bond donors (Lipinski definition) is 0. The van der Waals surface area contributed by atoms with Crippen LogP contribution < -0.4 is 0 Å². The van der Waals surface area contributed by atoms with E-state index in [-0.39, 0.29) is 11.7 Å². The summed E-state index contributed by atoms with van der Waals surface area (Å²) in [5.41, 5.74) is 0.802. The van der Waals surface area contributed by atoms with Crippen LogP contribution in [-0.2, 0) is 0 Å². The number of carbonyl (C=O) groups is 1. The lowest BCUT2D eigenvalue weighted by Gasteiger charge is -2.02. The molecule has 0 bridgehead atoms. The van der Waals surface area contributed by atoms with E-state index in [4.69, 9.17) is 4.42 Å². The van der Waals surface area contributed by atoms with Crippen LogP contribution in [0.1, 0.15) is 17.0 Å². The van der Waals surface area contributed by atoms with Gasteiger partial charge in [-0.15, -0.1) is 0 Å². The van der Waals surface area contributed by atoms with E-state index in [1.54, 1.807) is 0 Å². The first-order valence-corrected chi connectivity index (χ1v) is 6.60. The lowest BCUT2D eigenvalue weighted by molar-refractivity contribution is 0.0908. The maximum atomic E-state index is 12.1. The molecule has 82 valence electrons. The SMILES string of the molecule is O=C(c1cc2ccccc2o1)C1CCSC1. The number of ketones is 1. The fraction of sp³-hybridized carbons (Fsp3) is 0.308. The van der Waals surface area contributed by atoms with Gasteiger partial charge in [0.1, 0.15) is 5.58 Å². The Bertz CT molecular complexity index is 490. The molecule has 2 nitrogen and oxygen atoms in total. The van der Waals surface area contributed by atoms with E-state index in [0.717, 1.165) is 28.9 Å². The molecular weight excluding hydrogens is 220 g/mol. The fourth-order valence-corrected chi connectivity index (χ4v) is 3.27. The van der Waals surface area contributed by atoms with Crippen molar-refractivity contribution in [1.29, 1.82) is 0 Å². The maximum absolute atomic E-state index is 12.1. The van der Waals surface area contributed by atoms with Gasteiger partial charge in [0.2, 0.25) is 5.78 Å². The number of carbonyl (C=O) groups excluding carboxylic acids is 1. The highest BCUT2D eigenvalue weighted by Gasteiger charge is 2.26. The summed E-state index contributed by atoms with van der Waals surface area (Å²) in [6.07, 6.45) is 0.987. The first-order valence-electron chi connectivity index (χ1n) is 5.45. The zero-order valence-electron chi connectivity index (χ0n) is 8.81. The Hall–Kier alpha value is -1.22. The molecule has 1 unspecified atom stereocenters. The summed E-state index contributed by atoms with van der Waals surface area (Å²) in [7, 11) is 0. The quantitative estimate of drug-likeness (QED) is 0.744. The number of thioether (sulfide) groups is 1. The largest absolute Gasteiger partial charge is 0.453 e. The minimum Gasteiger partial charge on any atom is -0.453 e. The van der Waals surface area contributed by atoms with Gasteiger partial charge in [-0.2, -0.15) is 11.8 Å². The molecule has 0 radical (unpaired) electrons. The summed E-state index contributed by atoms with van der Waals surface area (Å²) in [4.78, 5) is 12.1. The normalized spacial score (nSPS) is 20.4. The van der Waals surface area contributed by atoms with Crippen LogP contribution in [0.2, 0.25) is 0 Å². The predicted molar refractivity (Wildman–Crippen MR) is 66.0 cm³/mol. The Balaban J connectivity index is 1.96. The molecule has 1 aromatic heterocycles. The highest BCUT2D eigenvalue weighted by molar-refractivity contribution is 7.99. The molecule has 1 aromatic carbocycles. The average molecular weight is 232 g/mol. The standard InChI is InChI=1S/C13H12O2S/c14-13(10-5-6-16-8-10)12-7-9-3-1-2-4-11(9)15-12/h1-4,7,10H,5-6,8H2. The molecule has 1 aliphatic heterocycles. The van der Waals surface area contributed by atoms with E-state index in [1.165, 1.54) is 0 Å². The molecule has 0 saturated carbocycles. The van der Waals surface area contributed by atoms with Crippen molar-refractivity contribution in [2.45, 2.75) is 6.42 Å². The zero-order chi connectivity index (χ0) is 11.0. The van der Waals surface area contributed by atoms with Gasteiger partial charge >= 0.3 is 0 Å². The van der Waals surface area contributed by atoms with Crippen LogP contribution in [0.25, 0.3) is 11.0 Å². The van der Waals surface area contributed by atoms with Gasteiger partial charge in [-0.05, 0) is 24.3 Å². The van der Waals surface area contributed by atoms with E-state index >= 15 is 0 Å². The topological polar surface area (TPSA) is 30.2 Å². The van der Waals surface area contributed by atoms with E-state index in [0.29, 0.717) is 5.76 Å². The van der Waals surface area contributed by atoms with Crippen molar-refractivity contribution in [3.05, 3.63) is 36.1 Å². The highest BCUT2D eigenvalue weighted by atomic mass is 32.2. The predicted octanol–water partition coefficient (Wildman–Crippen LogP) is 3.37. The molecule has 1 fully saturated rings. The molecule has 0 aliphatic carbocycles. The first-order chi connectivity index (χ1) is 7.84. The van der Waals surface area contributed by atoms with Crippen LogP contribution >= 0.6 is 11.8 Å². The molecule has 3 rings (SSSR count). The van der Waals surface area contributed by atoms with E-state index < -0.39 is 0 Å². The van der Waals surface area contributed by atoms with Crippen molar-refractivity contribution in [2.24, 2.45) is 5.92 Å². The lowest BCUT2D eigenvalue weighted by atomic mass is 10.0. The van der Waals surface area contributed by atoms with Gasteiger partial charge in [0, 0.05) is 17.1 Å². The minimum atomic E-state index is 0.158. The second-order valence-electron chi connectivity index (χ2n) is 4.07. The Morgan fingerprint density at radius 3 is 3.00 bits per heavy atom. The molecule has 1 aliphatic rings. The number of benzene rings is 1. The summed E-state index contributed by atoms with van der Waals surface area (Å²) < 4.78 is 5.58. The molecule has 16 heavy (non-hydrogen) atoms. The molecule has 1 atom stereocenters. The molecule has 0 spiro atoms. The summed E-state index contributed by atoms with van der Waals surface area (Å²) in [5, 5.41) is 1.01. The van der Waals surface area contributed by atoms with Crippen LogP contribution in [0, 0.1) is 5.92 Å². The van der Waals surface area contributed by atoms with Crippen molar-refractivity contribution < 1.29 is 9.21 Å². The van der Waals surface area contributed by atoms with Gasteiger partial charge in [0.15, 0.2) is 5.76 Å². The minimum absolute atomic E-state index is 0.158. The summed E-state index contributed by atoms with van der Waals surface area (Å²) >= 11 is 1.85. The number of fused-ring (bicyclic) bond motifs is 1. The van der Waals surface area contributed by atoms with Gasteiger partial charge in [0.05, 0.1) is 0 Å². The molecule has 2 aromatic rings. The third-order valence-corrected chi connectivity index (χ3v) is 4.13. The van der Waals surface area contributed by atoms with Gasteiger partial charge in [-0.3, -0.25) is 4.79 Å². The van der Waals surface area contributed by atoms with Crippen molar-refractivity contribution in [1.82, 2.24) is 0 Å². The van der Waals surface area contributed by atoms with Crippen molar-refractivity contribution in [3.63, 3.8) is 0 Å². The second kappa shape index (κ2) is 3.98. The number of rotatable bonds is 2. The van der Waals surface area contributed by atoms with Gasteiger partial charge < -0.3 is 4.42 Å². The van der Waals surface area contributed by atoms with Gasteiger partial charge in [-0.1, -0.05) is 18.2 Å². The molecule has 1 saturated heterocycles. The molecule has 0 N–H and O–H groups in total. The fourth-order valence-electron chi connectivity index (χ4n) is 2.05. The number of hydrogen-bond acceptors (Lipinski definition) is 3. The second-order valence-corrected chi connectivity index (χ2v) is 5.22. The van der Waals surface area contributed by atoms with Crippen molar-refractivity contribution >= 4 is 28.5 Å². The molecule has 0 amide bonds. The molecular formula is C13H12O2S. The number of Topliss-reactive ketones (excluding diaryl/α,β-unsaturated/α-hetero) is 1. The van der Waals surface area contributed by atoms with Crippen molar-refractivity contribution in [3.8, 4) is 0 Å². The monoisotopic (exact) mass is 232 g/mol. The number of para-hydroxylation sites is 1. The van der Waals surface area contributed by atoms with Crippen molar-refractivity contribution in [2.75, 3.05) is 11.5 Å². The third-order valence-electron chi connectivity index (χ3n) is 2.97. The van der Waals surface area contributed by atoms with Crippen LogP contribution in [0.15, 0.2) is 34.7 Å². The van der Waals surface area contributed by atoms with Gasteiger partial charge in [0.25, 0.3) is 0 Å². The summed E-state index contributed by atoms with van der Waals surface area (Å²) in [5.74, 6) is 2.88. The summed E-state index contributed by atoms with van der Waals surface area (Å²) in [6.45, 7) is 0. The van der Waals surface area contributed by atoms with E-state index in [1.807, 2.05) is 42.1 Å². The Morgan fingerprint density at radius 2 is 2.25 bits per heavy atom. The van der Waals surface area contributed by atoms with Crippen LogP contribution in [0.5, 0.6) is 0 Å². The van der Waals surface area contributed by atoms with E-state index in [9.17, 15) is 4.79 Å². The highest BCUT2D eigenvalue weighted by Crippen LogP contribution is 2.28. The van der Waals surface area contributed by atoms with E-state index in [2.05, 4.69) is 0 Å². The Morgan fingerprint density at radius 1 is 1.38 bits per heavy atom. The Kier molecular flexibility index (Phi) is 2.48. The first kappa shape index (κ1) is 9.97. The van der Waals surface area contributed by atoms with Gasteiger partial charge in [-0.25, -0.2) is 0 Å². The van der Waals surface area contributed by atoms with Crippen LogP contribution in [0.3, 0.4) is 0 Å². The smallest absolute Gasteiger partial charge is 0.201 e. The average Bonchev–Trinajstić information content (AvgIpc) is 2.97. The number of furan rings is 1. The molecule has 3 heteroatoms. The Labute approximate surface area is 98.0 Å². The lowest BCUT2D eigenvalue weighted by Crippen LogP contribution is -2.12. The molecule has 2 heterocycles. The zero-order valence-corrected chi connectivity index (χ0v) is 9.63.